The third kappa shape index (κ3) is 11.7. The molecule has 0 aromatic rings. The SMILES string of the molecule is C=C(CC(=O)O)C(=O)O.O=C(O)CC(O)C(=O)O. The summed E-state index contributed by atoms with van der Waals surface area (Å²) >= 11 is 0. The molecule has 0 spiro atoms. The van der Waals surface area contributed by atoms with E-state index >= 15 is 0 Å². The van der Waals surface area contributed by atoms with Crippen LogP contribution in [0.2, 0.25) is 0 Å². The predicted molar refractivity (Wildman–Crippen MR) is 54.9 cm³/mol. The maximum Gasteiger partial charge on any atom is 0.333 e. The highest BCUT2D eigenvalue weighted by atomic mass is 16.4. The van der Waals surface area contributed by atoms with Gasteiger partial charge in [0.1, 0.15) is 0 Å². The Morgan fingerprint density at radius 2 is 1.39 bits per heavy atom. The standard InChI is InChI=1S/C5H6O4.C4H6O5/c1-3(5(8)9)2-4(6)7;5-2(4(8)9)1-3(6)7/h1-2H2,(H,6,7)(H,8,9);2,5H,1H2,(H,6,7)(H,8,9). The molecule has 0 bridgehead atoms. The summed E-state index contributed by atoms with van der Waals surface area (Å²) in [5.41, 5.74) is -0.303. The monoisotopic (exact) mass is 264 g/mol. The minimum Gasteiger partial charge on any atom is -0.481 e. The number of aliphatic hydroxyl groups excluding tert-OH is 1. The van der Waals surface area contributed by atoms with Gasteiger partial charge in [-0.1, -0.05) is 6.58 Å². The van der Waals surface area contributed by atoms with Crippen LogP contribution in [0.25, 0.3) is 0 Å². The first-order chi connectivity index (χ1) is 8.07. The number of carbonyl (C=O) groups is 4. The highest BCUT2D eigenvalue weighted by molar-refractivity contribution is 5.91. The van der Waals surface area contributed by atoms with Crippen LogP contribution in [0.5, 0.6) is 0 Å². The van der Waals surface area contributed by atoms with Crippen molar-refractivity contribution in [3.05, 3.63) is 12.2 Å². The van der Waals surface area contributed by atoms with E-state index in [0.29, 0.717) is 0 Å². The van der Waals surface area contributed by atoms with Crippen molar-refractivity contribution in [1.29, 1.82) is 0 Å². The van der Waals surface area contributed by atoms with Gasteiger partial charge < -0.3 is 25.5 Å². The van der Waals surface area contributed by atoms with Crippen LogP contribution in [0.3, 0.4) is 0 Å². The Morgan fingerprint density at radius 1 is 0.944 bits per heavy atom. The molecule has 1 atom stereocenters. The van der Waals surface area contributed by atoms with Gasteiger partial charge in [0.2, 0.25) is 0 Å². The second-order valence-corrected chi connectivity index (χ2v) is 2.93. The van der Waals surface area contributed by atoms with Crippen LogP contribution in [0.1, 0.15) is 12.8 Å². The maximum atomic E-state index is 9.87. The average molecular weight is 264 g/mol. The Bertz CT molecular complexity index is 357. The molecule has 9 heteroatoms. The van der Waals surface area contributed by atoms with E-state index in [0.717, 1.165) is 0 Å². The summed E-state index contributed by atoms with van der Waals surface area (Å²) in [7, 11) is 0. The molecular weight excluding hydrogens is 252 g/mol. The number of aliphatic hydroxyl groups is 1. The molecule has 0 aromatic heterocycles. The van der Waals surface area contributed by atoms with Gasteiger partial charge in [-0.15, -0.1) is 0 Å². The molecule has 0 saturated heterocycles. The summed E-state index contributed by atoms with van der Waals surface area (Å²) in [5.74, 6) is -5.29. The third-order valence-electron chi connectivity index (χ3n) is 1.32. The molecule has 0 amide bonds. The summed E-state index contributed by atoms with van der Waals surface area (Å²) in [6.07, 6.45) is -3.05. The Labute approximate surface area is 101 Å². The second kappa shape index (κ2) is 8.70. The van der Waals surface area contributed by atoms with Crippen LogP contribution >= 0.6 is 0 Å². The van der Waals surface area contributed by atoms with Crippen molar-refractivity contribution in [1.82, 2.24) is 0 Å². The molecule has 0 saturated carbocycles. The number of carboxylic acid groups (broad SMARTS) is 4. The first kappa shape index (κ1) is 18.0. The largest absolute Gasteiger partial charge is 0.481 e. The van der Waals surface area contributed by atoms with Gasteiger partial charge in [-0.05, 0) is 0 Å². The summed E-state index contributed by atoms with van der Waals surface area (Å²) in [5, 5.41) is 40.2. The quantitative estimate of drug-likeness (QED) is 0.378. The van der Waals surface area contributed by atoms with E-state index in [1.807, 2.05) is 0 Å². The fourth-order valence-corrected chi connectivity index (χ4v) is 0.511. The summed E-state index contributed by atoms with van der Waals surface area (Å²) in [4.78, 5) is 39.1. The Morgan fingerprint density at radius 3 is 1.50 bits per heavy atom. The van der Waals surface area contributed by atoms with Crippen LogP contribution < -0.4 is 0 Å². The lowest BCUT2D eigenvalue weighted by Gasteiger charge is -1.97. The van der Waals surface area contributed by atoms with Crippen molar-refractivity contribution in [2.45, 2.75) is 18.9 Å². The second-order valence-electron chi connectivity index (χ2n) is 2.93. The van der Waals surface area contributed by atoms with Crippen LogP contribution in [0, 0.1) is 0 Å². The molecule has 0 fully saturated rings. The van der Waals surface area contributed by atoms with E-state index in [4.69, 9.17) is 25.5 Å². The molecule has 102 valence electrons. The van der Waals surface area contributed by atoms with Crippen molar-refractivity contribution in [2.24, 2.45) is 0 Å². The van der Waals surface area contributed by atoms with Gasteiger partial charge >= 0.3 is 23.9 Å². The number of carboxylic acids is 4. The molecule has 0 aromatic carbocycles. The lowest BCUT2D eigenvalue weighted by atomic mass is 10.2. The smallest absolute Gasteiger partial charge is 0.333 e. The zero-order chi connectivity index (χ0) is 14.9. The fourth-order valence-electron chi connectivity index (χ4n) is 0.511. The molecule has 9 nitrogen and oxygen atoms in total. The van der Waals surface area contributed by atoms with Crippen LogP contribution in [-0.2, 0) is 19.2 Å². The Kier molecular flexibility index (Phi) is 8.68. The highest BCUT2D eigenvalue weighted by Gasteiger charge is 2.16. The molecule has 1 unspecified atom stereocenters. The predicted octanol–water partition coefficient (Wildman–Crippen LogP) is -0.991. The van der Waals surface area contributed by atoms with Crippen molar-refractivity contribution in [3.63, 3.8) is 0 Å². The van der Waals surface area contributed by atoms with Crippen molar-refractivity contribution < 1.29 is 44.7 Å². The Balaban J connectivity index is 0. The normalized spacial score (nSPS) is 10.5. The molecule has 18 heavy (non-hydrogen) atoms. The van der Waals surface area contributed by atoms with E-state index < -0.39 is 42.8 Å². The zero-order valence-corrected chi connectivity index (χ0v) is 9.07. The van der Waals surface area contributed by atoms with Gasteiger partial charge in [0.25, 0.3) is 0 Å². The first-order valence-corrected chi connectivity index (χ1v) is 4.33. The van der Waals surface area contributed by atoms with E-state index in [1.54, 1.807) is 0 Å². The number of hydrogen-bond donors (Lipinski definition) is 5. The van der Waals surface area contributed by atoms with Crippen LogP contribution in [0.15, 0.2) is 12.2 Å². The number of aliphatic carboxylic acids is 4. The fraction of sp³-hybridized carbons (Fsp3) is 0.333. The minimum absolute atomic E-state index is 0.303. The van der Waals surface area contributed by atoms with Gasteiger partial charge in [0.05, 0.1) is 12.8 Å². The van der Waals surface area contributed by atoms with Gasteiger partial charge in [-0.2, -0.15) is 0 Å². The van der Waals surface area contributed by atoms with Crippen LogP contribution in [0.4, 0.5) is 0 Å². The third-order valence-corrected chi connectivity index (χ3v) is 1.32. The summed E-state index contributed by atoms with van der Waals surface area (Å²) in [6, 6.07) is 0. The Hall–Kier alpha value is -2.42. The molecular formula is C9H12O9. The molecule has 0 aliphatic carbocycles. The topological polar surface area (TPSA) is 169 Å². The molecule has 0 aliphatic rings. The number of rotatable bonds is 6. The van der Waals surface area contributed by atoms with E-state index in [2.05, 4.69) is 6.58 Å². The summed E-state index contributed by atoms with van der Waals surface area (Å²) < 4.78 is 0. The lowest BCUT2D eigenvalue weighted by molar-refractivity contribution is -0.152. The maximum absolute atomic E-state index is 9.87. The average Bonchev–Trinajstić information content (AvgIpc) is 2.16. The van der Waals surface area contributed by atoms with Gasteiger partial charge in [0.15, 0.2) is 6.10 Å². The van der Waals surface area contributed by atoms with E-state index in [-0.39, 0.29) is 5.57 Å². The van der Waals surface area contributed by atoms with Crippen molar-refractivity contribution >= 4 is 23.9 Å². The lowest BCUT2D eigenvalue weighted by Crippen LogP contribution is -2.22. The molecule has 0 heterocycles. The van der Waals surface area contributed by atoms with Gasteiger partial charge in [-0.25, -0.2) is 9.59 Å². The van der Waals surface area contributed by atoms with Crippen molar-refractivity contribution in [3.8, 4) is 0 Å². The first-order valence-electron chi connectivity index (χ1n) is 4.33. The zero-order valence-electron chi connectivity index (χ0n) is 9.07. The molecule has 5 N–H and O–H groups in total. The summed E-state index contributed by atoms with van der Waals surface area (Å²) in [6.45, 7) is 3.01. The highest BCUT2D eigenvalue weighted by Crippen LogP contribution is 1.95. The van der Waals surface area contributed by atoms with E-state index in [9.17, 15) is 19.2 Å². The minimum atomic E-state index is -1.79. The number of hydrogen-bond acceptors (Lipinski definition) is 5. The van der Waals surface area contributed by atoms with Crippen molar-refractivity contribution in [2.75, 3.05) is 0 Å². The molecule has 0 radical (unpaired) electrons. The molecule has 0 rings (SSSR count). The molecule has 0 aliphatic heterocycles. The van der Waals surface area contributed by atoms with Gasteiger partial charge in [0, 0.05) is 5.57 Å². The van der Waals surface area contributed by atoms with Crippen LogP contribution in [-0.4, -0.2) is 55.5 Å². The van der Waals surface area contributed by atoms with Gasteiger partial charge in [-0.3, -0.25) is 9.59 Å². The van der Waals surface area contributed by atoms with E-state index in [1.165, 1.54) is 0 Å².